The number of alkyl halides is 1. The number of phosphoric acid groups is 3. The van der Waals surface area contributed by atoms with Gasteiger partial charge in [0.15, 0.2) is 18.0 Å². The maximum atomic E-state index is 14.7. The molecule has 2 aromatic rings. The fourth-order valence-corrected chi connectivity index (χ4v) is 5.83. The Bertz CT molecular complexity index is 1210. The SMILES string of the molecule is Nc1nc2c(ccn2C2OC(COP(=O)(O)OP(=O)(O)OP(=O)(O)O)C(O)C2F)c(=O)[nH]1. The van der Waals surface area contributed by atoms with Crippen molar-refractivity contribution in [1.82, 2.24) is 14.5 Å². The van der Waals surface area contributed by atoms with E-state index in [1.54, 1.807) is 0 Å². The van der Waals surface area contributed by atoms with Gasteiger partial charge in [0, 0.05) is 6.20 Å². The number of H-pyrrole nitrogens is 1. The lowest BCUT2D eigenvalue weighted by Gasteiger charge is -2.19. The molecule has 0 spiro atoms. The molecule has 21 heteroatoms. The smallest absolute Gasteiger partial charge is 0.387 e. The van der Waals surface area contributed by atoms with E-state index in [-0.39, 0.29) is 17.0 Å². The monoisotopic (exact) mass is 524 g/mol. The molecule has 0 bridgehead atoms. The van der Waals surface area contributed by atoms with Crippen molar-refractivity contribution in [2.24, 2.45) is 0 Å². The summed E-state index contributed by atoms with van der Waals surface area (Å²) in [5.41, 5.74) is 4.76. The number of aromatic nitrogens is 3. The van der Waals surface area contributed by atoms with Crippen LogP contribution in [0.5, 0.6) is 0 Å². The molecule has 180 valence electrons. The Balaban J connectivity index is 1.72. The first-order chi connectivity index (χ1) is 14.6. The number of rotatable bonds is 8. The van der Waals surface area contributed by atoms with Gasteiger partial charge >= 0.3 is 23.5 Å². The molecule has 6 atom stereocenters. The average molecular weight is 524 g/mol. The first-order valence-electron chi connectivity index (χ1n) is 8.21. The van der Waals surface area contributed by atoms with Gasteiger partial charge in [0.25, 0.3) is 5.56 Å². The van der Waals surface area contributed by atoms with E-state index in [2.05, 4.69) is 23.1 Å². The highest BCUT2D eigenvalue weighted by Gasteiger charge is 2.47. The van der Waals surface area contributed by atoms with Crippen LogP contribution in [0.4, 0.5) is 10.3 Å². The molecule has 2 aromatic heterocycles. The number of nitrogens with zero attached hydrogens (tertiary/aromatic N) is 2. The van der Waals surface area contributed by atoms with Gasteiger partial charge in [0.2, 0.25) is 5.95 Å². The lowest BCUT2D eigenvalue weighted by Crippen LogP contribution is -2.31. The second kappa shape index (κ2) is 8.68. The third-order valence-electron chi connectivity index (χ3n) is 3.99. The van der Waals surface area contributed by atoms with Gasteiger partial charge in [-0.15, -0.1) is 0 Å². The van der Waals surface area contributed by atoms with Gasteiger partial charge in [-0.05, 0) is 6.07 Å². The van der Waals surface area contributed by atoms with E-state index in [1.807, 2.05) is 0 Å². The van der Waals surface area contributed by atoms with Gasteiger partial charge in [-0.3, -0.25) is 14.3 Å². The Kier molecular flexibility index (Phi) is 6.81. The molecule has 0 aromatic carbocycles. The number of ether oxygens (including phenoxy) is 1. The molecule has 1 fully saturated rings. The quantitative estimate of drug-likeness (QED) is 0.209. The summed E-state index contributed by atoms with van der Waals surface area (Å²) >= 11 is 0. The minimum Gasteiger partial charge on any atom is -0.387 e. The Labute approximate surface area is 176 Å². The van der Waals surface area contributed by atoms with E-state index in [9.17, 15) is 32.9 Å². The van der Waals surface area contributed by atoms with E-state index in [4.69, 9.17) is 25.2 Å². The summed E-state index contributed by atoms with van der Waals surface area (Å²) in [4.78, 5) is 53.5. The highest BCUT2D eigenvalue weighted by molar-refractivity contribution is 7.66. The van der Waals surface area contributed by atoms with Crippen molar-refractivity contribution >= 4 is 40.4 Å². The molecule has 3 rings (SSSR count). The lowest BCUT2D eigenvalue weighted by molar-refractivity contribution is -0.0448. The van der Waals surface area contributed by atoms with Gasteiger partial charge in [-0.2, -0.15) is 13.6 Å². The van der Waals surface area contributed by atoms with Crippen LogP contribution in [-0.2, 0) is 31.6 Å². The first kappa shape index (κ1) is 25.1. The predicted octanol–water partition coefficient (Wildman–Crippen LogP) is -0.754. The van der Waals surface area contributed by atoms with Crippen molar-refractivity contribution in [3.8, 4) is 0 Å². The van der Waals surface area contributed by atoms with E-state index in [0.29, 0.717) is 0 Å². The Hall–Kier alpha value is -1.52. The van der Waals surface area contributed by atoms with Crippen molar-refractivity contribution in [1.29, 1.82) is 0 Å². The third-order valence-corrected chi connectivity index (χ3v) is 7.79. The minimum absolute atomic E-state index is 0.0289. The number of fused-ring (bicyclic) bond motifs is 1. The molecule has 0 aliphatic carbocycles. The van der Waals surface area contributed by atoms with Crippen molar-refractivity contribution in [3.05, 3.63) is 22.6 Å². The molecule has 3 heterocycles. The normalized spacial score (nSPS) is 27.9. The van der Waals surface area contributed by atoms with Crippen LogP contribution < -0.4 is 11.3 Å². The third kappa shape index (κ3) is 5.69. The fraction of sp³-hybridized carbons (Fsp3) is 0.455. The van der Waals surface area contributed by atoms with Crippen LogP contribution in [0.2, 0.25) is 0 Å². The molecule has 1 saturated heterocycles. The molecule has 1 aliphatic rings. The highest BCUT2D eigenvalue weighted by Crippen LogP contribution is 2.66. The number of hydrogen-bond acceptors (Lipinski definition) is 11. The van der Waals surface area contributed by atoms with Gasteiger partial charge < -0.3 is 39.7 Å². The second-order valence-corrected chi connectivity index (χ2v) is 10.7. The standard InChI is InChI=1S/C11H16FN4O13P3/c12-6-7(17)5(3-26-31(22,23)29-32(24,25)28-30(19,20)21)27-10(6)16-2-1-4-8(16)14-11(13)15-9(4)18/h1-2,5-7,10,17H,3H2,(H,22,23)(H,24,25)(H2,19,20,21)(H3,13,14,15,18). The van der Waals surface area contributed by atoms with E-state index >= 15 is 0 Å². The van der Waals surface area contributed by atoms with Crippen molar-refractivity contribution in [3.63, 3.8) is 0 Å². The summed E-state index contributed by atoms with van der Waals surface area (Å²) in [6, 6.07) is 1.28. The van der Waals surface area contributed by atoms with Crippen molar-refractivity contribution < 1.29 is 60.6 Å². The number of nitrogens with two attached hydrogens (primary N) is 1. The van der Waals surface area contributed by atoms with E-state index < -0.39 is 60.2 Å². The Morgan fingerprint density at radius 3 is 2.50 bits per heavy atom. The molecule has 17 nitrogen and oxygen atoms in total. The fourth-order valence-electron chi connectivity index (χ4n) is 2.80. The molecule has 8 N–H and O–H groups in total. The number of hydrogen-bond donors (Lipinski definition) is 7. The summed E-state index contributed by atoms with van der Waals surface area (Å²) in [7, 11) is -16.8. The first-order valence-corrected chi connectivity index (χ1v) is 12.7. The number of aliphatic hydroxyl groups is 1. The molecule has 0 saturated carbocycles. The van der Waals surface area contributed by atoms with Crippen LogP contribution in [0, 0.1) is 0 Å². The van der Waals surface area contributed by atoms with Crippen molar-refractivity contribution in [2.75, 3.05) is 12.3 Å². The zero-order chi connectivity index (χ0) is 24.1. The molecule has 0 amide bonds. The van der Waals surface area contributed by atoms with E-state index in [0.717, 1.165) is 4.57 Å². The second-order valence-electron chi connectivity index (χ2n) is 6.30. The lowest BCUT2D eigenvalue weighted by atomic mass is 10.1. The zero-order valence-electron chi connectivity index (χ0n) is 15.4. The molecular weight excluding hydrogens is 508 g/mol. The number of aliphatic hydroxyl groups excluding tert-OH is 1. The van der Waals surface area contributed by atoms with E-state index in [1.165, 1.54) is 12.3 Å². The summed E-state index contributed by atoms with van der Waals surface area (Å²) in [6.07, 6.45) is -6.07. The summed E-state index contributed by atoms with van der Waals surface area (Å²) < 4.78 is 66.1. The molecule has 32 heavy (non-hydrogen) atoms. The number of anilines is 1. The molecule has 6 unspecified atom stereocenters. The average Bonchev–Trinajstić information content (AvgIpc) is 3.12. The molecular formula is C11H16FN4O13P3. The summed E-state index contributed by atoms with van der Waals surface area (Å²) in [5, 5.41) is 10.1. The maximum Gasteiger partial charge on any atom is 0.490 e. The largest absolute Gasteiger partial charge is 0.490 e. The van der Waals surface area contributed by atoms with Crippen LogP contribution in [0.3, 0.4) is 0 Å². The topological polar surface area (TPSA) is 266 Å². The summed E-state index contributed by atoms with van der Waals surface area (Å²) in [6.45, 7) is -1.07. The maximum absolute atomic E-state index is 14.7. The van der Waals surface area contributed by atoms with Crippen LogP contribution in [0.25, 0.3) is 11.0 Å². The summed E-state index contributed by atoms with van der Waals surface area (Å²) in [5.74, 6) is -0.277. The van der Waals surface area contributed by atoms with Gasteiger partial charge in [0.05, 0.1) is 12.0 Å². The van der Waals surface area contributed by atoms with Crippen LogP contribution in [0.15, 0.2) is 17.1 Å². The number of nitrogen functional groups attached to an aromatic ring is 1. The number of halogens is 1. The Morgan fingerprint density at radius 1 is 1.22 bits per heavy atom. The Morgan fingerprint density at radius 2 is 1.88 bits per heavy atom. The van der Waals surface area contributed by atoms with Crippen molar-refractivity contribution in [2.45, 2.75) is 24.6 Å². The van der Waals surface area contributed by atoms with Gasteiger partial charge in [0.1, 0.15) is 12.2 Å². The number of nitrogens with one attached hydrogen (secondary N) is 1. The van der Waals surface area contributed by atoms with Crippen LogP contribution in [-0.4, -0.2) is 64.2 Å². The van der Waals surface area contributed by atoms with Crippen LogP contribution in [0.1, 0.15) is 6.23 Å². The number of aromatic amines is 1. The number of phosphoric ester groups is 1. The zero-order valence-corrected chi connectivity index (χ0v) is 18.0. The molecule has 1 aliphatic heterocycles. The van der Waals surface area contributed by atoms with Crippen LogP contribution >= 0.6 is 23.5 Å². The van der Waals surface area contributed by atoms with Gasteiger partial charge in [-0.25, -0.2) is 18.1 Å². The molecule has 0 radical (unpaired) electrons. The highest BCUT2D eigenvalue weighted by atomic mass is 31.3. The predicted molar refractivity (Wildman–Crippen MR) is 99.4 cm³/mol. The van der Waals surface area contributed by atoms with Gasteiger partial charge in [-0.1, -0.05) is 0 Å². The minimum atomic E-state index is -5.75.